The van der Waals surface area contributed by atoms with Gasteiger partial charge in [-0.05, 0) is 35.9 Å². The van der Waals surface area contributed by atoms with Crippen LogP contribution in [-0.2, 0) is 6.54 Å². The number of nitrogens with one attached hydrogen (secondary N) is 1. The lowest BCUT2D eigenvalue weighted by atomic mass is 10.1. The average Bonchev–Trinajstić information content (AvgIpc) is 2.78. The number of anilines is 2. The number of aliphatic hydroxyl groups is 1. The molecule has 0 spiro atoms. The minimum atomic E-state index is -4.19. The van der Waals surface area contributed by atoms with Gasteiger partial charge in [-0.25, -0.2) is 4.39 Å². The summed E-state index contributed by atoms with van der Waals surface area (Å²) in [5.41, 5.74) is 1.69. The van der Waals surface area contributed by atoms with Crippen molar-refractivity contribution >= 4 is 28.9 Å². The highest BCUT2D eigenvalue weighted by atomic mass is 35.5. The van der Waals surface area contributed by atoms with Crippen LogP contribution in [-0.4, -0.2) is 78.9 Å². The number of β-amino-alcohol motifs (C(OH)–C–C–N with tert-alkyl or cyclic N) is 1. The number of carbonyl (C=O) groups is 1. The molecule has 0 radical (unpaired) electrons. The number of hydrogen-bond donors (Lipinski definition) is 2. The summed E-state index contributed by atoms with van der Waals surface area (Å²) in [5.74, 6) is -1.25. The lowest BCUT2D eigenvalue weighted by molar-refractivity contribution is -0.138. The molecule has 2 fully saturated rings. The van der Waals surface area contributed by atoms with E-state index in [1.165, 1.54) is 12.1 Å². The number of likely N-dealkylation sites (tertiary alicyclic amines) is 1. The molecule has 0 aromatic heterocycles. The van der Waals surface area contributed by atoms with Gasteiger partial charge in [-0.15, -0.1) is 0 Å². The van der Waals surface area contributed by atoms with E-state index in [0.29, 0.717) is 67.8 Å². The fraction of sp³-hybridized carbons (Fsp3) is 0.458. The van der Waals surface area contributed by atoms with Gasteiger partial charge in [0.1, 0.15) is 5.82 Å². The monoisotopic (exact) mass is 514 g/mol. The van der Waals surface area contributed by atoms with Crippen molar-refractivity contribution in [1.82, 2.24) is 9.80 Å². The Morgan fingerprint density at radius 2 is 1.77 bits per heavy atom. The van der Waals surface area contributed by atoms with Gasteiger partial charge in [0.2, 0.25) is 0 Å². The Hall–Kier alpha value is -2.40. The maximum absolute atomic E-state index is 14.7. The number of carbonyl (C=O) groups excluding carboxylic acids is 1. The first-order valence-corrected chi connectivity index (χ1v) is 11.8. The summed E-state index contributed by atoms with van der Waals surface area (Å²) in [6.45, 7) is 3.35. The van der Waals surface area contributed by atoms with Crippen LogP contribution in [0.3, 0.4) is 0 Å². The zero-order valence-electron chi connectivity index (χ0n) is 19.0. The smallest absolute Gasteiger partial charge is 0.390 e. The molecule has 0 unspecified atom stereocenters. The lowest BCUT2D eigenvalue weighted by Crippen LogP contribution is -2.49. The summed E-state index contributed by atoms with van der Waals surface area (Å²) >= 11 is 6.17. The quantitative estimate of drug-likeness (QED) is 0.547. The van der Waals surface area contributed by atoms with Crippen molar-refractivity contribution in [2.75, 3.05) is 56.0 Å². The van der Waals surface area contributed by atoms with E-state index < -0.39 is 24.3 Å². The SMILES string of the molecule is O=C(Nc1ccc(Cl)cc1N1CCN(CCC(F)(F)F)CC1)c1ccc(CN2CC(O)C2)cc1F. The van der Waals surface area contributed by atoms with Crippen LogP contribution < -0.4 is 10.2 Å². The van der Waals surface area contributed by atoms with Gasteiger partial charge in [-0.3, -0.25) is 14.6 Å². The Balaban J connectivity index is 1.40. The summed E-state index contributed by atoms with van der Waals surface area (Å²) in [5, 5.41) is 12.6. The van der Waals surface area contributed by atoms with Crippen molar-refractivity contribution in [2.45, 2.75) is 25.2 Å². The van der Waals surface area contributed by atoms with E-state index in [2.05, 4.69) is 5.32 Å². The summed E-state index contributed by atoms with van der Waals surface area (Å²) in [6, 6.07) is 9.37. The largest absolute Gasteiger partial charge is 0.390 e. The number of hydrogen-bond acceptors (Lipinski definition) is 5. The fourth-order valence-electron chi connectivity index (χ4n) is 4.33. The summed E-state index contributed by atoms with van der Waals surface area (Å²) in [4.78, 5) is 18.5. The van der Waals surface area contributed by atoms with Gasteiger partial charge in [-0.1, -0.05) is 17.7 Å². The van der Waals surface area contributed by atoms with E-state index in [4.69, 9.17) is 11.6 Å². The molecule has 0 bridgehead atoms. The summed E-state index contributed by atoms with van der Waals surface area (Å²) in [7, 11) is 0. The van der Waals surface area contributed by atoms with Crippen LogP contribution in [0.2, 0.25) is 5.02 Å². The van der Waals surface area contributed by atoms with Crippen molar-refractivity contribution in [3.63, 3.8) is 0 Å². The maximum Gasteiger partial charge on any atom is 0.390 e. The van der Waals surface area contributed by atoms with E-state index in [9.17, 15) is 27.5 Å². The standard InChI is InChI=1S/C24H27ClF4N4O2/c25-17-2-4-21(22(12-17)33-9-7-31(8-10-33)6-5-24(27,28)29)30-23(35)19-3-1-16(11-20(19)26)13-32-14-18(34)15-32/h1-4,11-12,18,34H,5-10,13-15H2,(H,30,35). The molecule has 0 saturated carbocycles. The Morgan fingerprint density at radius 1 is 1.06 bits per heavy atom. The van der Waals surface area contributed by atoms with Crippen molar-refractivity contribution < 1.29 is 27.5 Å². The van der Waals surface area contributed by atoms with Crippen molar-refractivity contribution in [3.05, 3.63) is 58.4 Å². The third-order valence-corrected chi connectivity index (χ3v) is 6.49. The van der Waals surface area contributed by atoms with Crippen LogP contribution in [0, 0.1) is 5.82 Å². The molecule has 1 amide bonds. The predicted molar refractivity (Wildman–Crippen MR) is 126 cm³/mol. The van der Waals surface area contributed by atoms with Gasteiger partial charge >= 0.3 is 6.18 Å². The second-order valence-corrected chi connectivity index (χ2v) is 9.41. The average molecular weight is 515 g/mol. The number of rotatable bonds is 7. The van der Waals surface area contributed by atoms with Crippen LogP contribution in [0.5, 0.6) is 0 Å². The second kappa shape index (κ2) is 10.7. The number of halogens is 5. The first-order valence-electron chi connectivity index (χ1n) is 11.4. The maximum atomic E-state index is 14.7. The third-order valence-electron chi connectivity index (χ3n) is 6.25. The Bertz CT molecular complexity index is 1050. The Labute approximate surface area is 206 Å². The molecule has 2 N–H and O–H groups in total. The second-order valence-electron chi connectivity index (χ2n) is 8.97. The van der Waals surface area contributed by atoms with Gasteiger partial charge in [0.15, 0.2) is 0 Å². The van der Waals surface area contributed by atoms with Gasteiger partial charge < -0.3 is 15.3 Å². The Morgan fingerprint density at radius 3 is 2.40 bits per heavy atom. The molecule has 6 nitrogen and oxygen atoms in total. The van der Waals surface area contributed by atoms with E-state index in [1.54, 1.807) is 29.2 Å². The molecule has 0 aliphatic carbocycles. The fourth-order valence-corrected chi connectivity index (χ4v) is 4.50. The van der Waals surface area contributed by atoms with Crippen molar-refractivity contribution in [1.29, 1.82) is 0 Å². The summed E-state index contributed by atoms with van der Waals surface area (Å²) in [6.07, 6.45) is -5.39. The van der Waals surface area contributed by atoms with E-state index in [0.717, 1.165) is 0 Å². The molecule has 190 valence electrons. The molecule has 4 rings (SSSR count). The normalized spacial score (nSPS) is 17.9. The van der Waals surface area contributed by atoms with Crippen LogP contribution in [0.25, 0.3) is 0 Å². The highest BCUT2D eigenvalue weighted by molar-refractivity contribution is 6.31. The third kappa shape index (κ3) is 6.84. The number of piperazine rings is 1. The van der Waals surface area contributed by atoms with Crippen LogP contribution in [0.4, 0.5) is 28.9 Å². The molecule has 11 heteroatoms. The summed E-state index contributed by atoms with van der Waals surface area (Å²) < 4.78 is 52.3. The number of benzene rings is 2. The molecule has 2 aromatic rings. The Kier molecular flexibility index (Phi) is 7.85. The lowest BCUT2D eigenvalue weighted by Gasteiger charge is -2.37. The molecule has 0 atom stereocenters. The van der Waals surface area contributed by atoms with Gasteiger partial charge in [0.05, 0.1) is 29.5 Å². The minimum Gasteiger partial charge on any atom is -0.390 e. The van der Waals surface area contributed by atoms with E-state index in [1.807, 2.05) is 9.80 Å². The van der Waals surface area contributed by atoms with Crippen LogP contribution in [0.1, 0.15) is 22.3 Å². The molecule has 35 heavy (non-hydrogen) atoms. The van der Waals surface area contributed by atoms with E-state index in [-0.39, 0.29) is 18.2 Å². The van der Waals surface area contributed by atoms with Gasteiger partial charge in [0.25, 0.3) is 5.91 Å². The molecule has 2 saturated heterocycles. The number of nitrogens with zero attached hydrogens (tertiary/aromatic N) is 3. The number of alkyl halides is 3. The molecule has 2 aromatic carbocycles. The molecule has 2 aliphatic heterocycles. The first kappa shape index (κ1) is 25.7. The predicted octanol–water partition coefficient (Wildman–Crippen LogP) is 3.98. The van der Waals surface area contributed by atoms with Crippen LogP contribution >= 0.6 is 11.6 Å². The van der Waals surface area contributed by atoms with Crippen molar-refractivity contribution in [2.24, 2.45) is 0 Å². The first-order chi connectivity index (χ1) is 16.6. The number of amides is 1. The van der Waals surface area contributed by atoms with Gasteiger partial charge in [-0.2, -0.15) is 13.2 Å². The molecule has 2 heterocycles. The van der Waals surface area contributed by atoms with Crippen LogP contribution in [0.15, 0.2) is 36.4 Å². The van der Waals surface area contributed by atoms with Crippen molar-refractivity contribution in [3.8, 4) is 0 Å². The number of aliphatic hydroxyl groups excluding tert-OH is 1. The highest BCUT2D eigenvalue weighted by Crippen LogP contribution is 2.31. The molecule has 2 aliphatic rings. The molecular weight excluding hydrogens is 488 g/mol. The topological polar surface area (TPSA) is 59.1 Å². The minimum absolute atomic E-state index is 0.0515. The highest BCUT2D eigenvalue weighted by Gasteiger charge is 2.29. The van der Waals surface area contributed by atoms with E-state index >= 15 is 0 Å². The zero-order valence-corrected chi connectivity index (χ0v) is 19.7. The van der Waals surface area contributed by atoms with Gasteiger partial charge in [0, 0.05) is 57.4 Å². The zero-order chi connectivity index (χ0) is 25.2. The molecular formula is C24H27ClF4N4O2.